The molecule has 2 amide bonds. The molecule has 2 N–H and O–H groups in total. The zero-order valence-corrected chi connectivity index (χ0v) is 12.2. The van der Waals surface area contributed by atoms with Gasteiger partial charge >= 0.3 is 0 Å². The van der Waals surface area contributed by atoms with Gasteiger partial charge in [0.05, 0.1) is 32.2 Å². The van der Waals surface area contributed by atoms with E-state index in [4.69, 9.17) is 0 Å². The minimum absolute atomic E-state index is 0.0628. The molecule has 1 atom stereocenters. The maximum atomic E-state index is 12.1. The predicted molar refractivity (Wildman–Crippen MR) is 72.7 cm³/mol. The zero-order chi connectivity index (χ0) is 14.8. The summed E-state index contributed by atoms with van der Waals surface area (Å²) in [6.07, 6.45) is 2.04. The third kappa shape index (κ3) is 3.48. The van der Waals surface area contributed by atoms with Crippen molar-refractivity contribution in [3.63, 3.8) is 0 Å². The molecule has 110 valence electrons. The summed E-state index contributed by atoms with van der Waals surface area (Å²) in [5.41, 5.74) is -0.711. The summed E-state index contributed by atoms with van der Waals surface area (Å²) in [4.78, 5) is 26.3. The highest BCUT2D eigenvalue weighted by Crippen LogP contribution is 2.39. The number of amides is 2. The third-order valence-electron chi connectivity index (χ3n) is 4.35. The number of rotatable bonds is 4. The Kier molecular flexibility index (Phi) is 4.29. The number of nitrogens with one attached hydrogen (secondary N) is 2. The van der Waals surface area contributed by atoms with Crippen molar-refractivity contribution in [3.8, 4) is 6.07 Å². The number of hydrogen-bond donors (Lipinski definition) is 2. The number of nitriles is 1. The topological polar surface area (TPSA) is 77.6 Å². The molecule has 0 aromatic carbocycles. The summed E-state index contributed by atoms with van der Waals surface area (Å²) >= 11 is 0. The third-order valence-corrected chi connectivity index (χ3v) is 4.35. The van der Waals surface area contributed by atoms with Crippen LogP contribution in [0.15, 0.2) is 0 Å². The Hall–Kier alpha value is -1.61. The fraction of sp³-hybridized carbons (Fsp3) is 0.786. The molecule has 20 heavy (non-hydrogen) atoms. The summed E-state index contributed by atoms with van der Waals surface area (Å²) in [5.74, 6) is 0.340. The van der Waals surface area contributed by atoms with Gasteiger partial charge in [0, 0.05) is 6.92 Å². The number of carbonyl (C=O) groups excluding carboxylic acids is 2. The molecule has 1 aliphatic carbocycles. The Morgan fingerprint density at radius 3 is 2.45 bits per heavy atom. The molecule has 1 heterocycles. The van der Waals surface area contributed by atoms with Gasteiger partial charge in [-0.1, -0.05) is 0 Å². The molecule has 6 heteroatoms. The van der Waals surface area contributed by atoms with Crippen molar-refractivity contribution in [1.29, 1.82) is 5.26 Å². The average molecular weight is 279 g/mol. The van der Waals surface area contributed by atoms with Crippen molar-refractivity contribution in [2.75, 3.05) is 32.7 Å². The van der Waals surface area contributed by atoms with Crippen LogP contribution >= 0.6 is 0 Å². The smallest absolute Gasteiger partial charge is 0.276 e. The molecule has 1 saturated heterocycles. The fourth-order valence-electron chi connectivity index (χ4n) is 2.76. The molecule has 0 spiro atoms. The first-order valence-electron chi connectivity index (χ1n) is 7.26. The summed E-state index contributed by atoms with van der Waals surface area (Å²) in [6.45, 7) is 6.76. The highest BCUT2D eigenvalue weighted by Gasteiger charge is 2.43. The van der Waals surface area contributed by atoms with Crippen molar-refractivity contribution < 1.29 is 14.5 Å². The Balaban J connectivity index is 1.78. The monoisotopic (exact) mass is 279 g/mol. The first-order valence-corrected chi connectivity index (χ1v) is 7.26. The molecule has 1 saturated carbocycles. The van der Waals surface area contributed by atoms with Gasteiger partial charge in [-0.2, -0.15) is 5.26 Å². The number of nitrogens with zero attached hydrogens (tertiary/aromatic N) is 2. The fourth-order valence-corrected chi connectivity index (χ4v) is 2.76. The van der Waals surface area contributed by atoms with E-state index in [1.165, 1.54) is 4.90 Å². The summed E-state index contributed by atoms with van der Waals surface area (Å²) in [5, 5.41) is 12.1. The Labute approximate surface area is 119 Å². The number of piperazine rings is 1. The average Bonchev–Trinajstić information content (AvgIpc) is 3.23. The summed E-state index contributed by atoms with van der Waals surface area (Å²) in [6, 6.07) is 2.24. The normalized spacial score (nSPS) is 22.8. The summed E-state index contributed by atoms with van der Waals surface area (Å²) < 4.78 is 0. The minimum Gasteiger partial charge on any atom is -0.333 e. The lowest BCUT2D eigenvalue weighted by atomic mass is 9.98. The van der Waals surface area contributed by atoms with Crippen LogP contribution in [0.1, 0.15) is 26.7 Å². The lowest BCUT2D eigenvalue weighted by Gasteiger charge is -2.32. The first-order chi connectivity index (χ1) is 9.44. The molecular formula is C14H23N4O2+. The van der Waals surface area contributed by atoms with Gasteiger partial charge in [-0.05, 0) is 25.7 Å². The second-order valence-corrected chi connectivity index (χ2v) is 6.07. The Morgan fingerprint density at radius 1 is 1.40 bits per heavy atom. The van der Waals surface area contributed by atoms with Crippen molar-refractivity contribution in [2.45, 2.75) is 32.2 Å². The van der Waals surface area contributed by atoms with Crippen LogP contribution in [0.4, 0.5) is 0 Å². The van der Waals surface area contributed by atoms with E-state index in [9.17, 15) is 14.9 Å². The van der Waals surface area contributed by atoms with Gasteiger partial charge in [-0.15, -0.1) is 0 Å². The van der Waals surface area contributed by atoms with Crippen LogP contribution in [0.5, 0.6) is 0 Å². The second-order valence-electron chi connectivity index (χ2n) is 6.07. The molecule has 0 aromatic rings. The van der Waals surface area contributed by atoms with Gasteiger partial charge in [0.25, 0.3) is 5.91 Å². The van der Waals surface area contributed by atoms with E-state index in [0.29, 0.717) is 25.6 Å². The van der Waals surface area contributed by atoms with Crippen LogP contribution in [-0.4, -0.2) is 55.0 Å². The van der Waals surface area contributed by atoms with Gasteiger partial charge in [0.1, 0.15) is 5.54 Å². The number of hydrogen-bond acceptors (Lipinski definition) is 3. The molecule has 2 aliphatic rings. The zero-order valence-electron chi connectivity index (χ0n) is 12.2. The lowest BCUT2D eigenvalue weighted by molar-refractivity contribution is -0.896. The molecule has 1 aliphatic heterocycles. The van der Waals surface area contributed by atoms with E-state index in [0.717, 1.165) is 25.9 Å². The molecule has 0 bridgehead atoms. The van der Waals surface area contributed by atoms with Crippen LogP contribution in [-0.2, 0) is 9.59 Å². The van der Waals surface area contributed by atoms with E-state index >= 15 is 0 Å². The van der Waals surface area contributed by atoms with Gasteiger partial charge in [-0.3, -0.25) is 9.59 Å². The standard InChI is InChI=1S/C14H22N4O2/c1-11(19)18-7-5-17(6-8-18)9-13(20)16-14(2,10-15)12-3-4-12/h12H,3-9H2,1-2H3,(H,16,20)/p+1/t14-/m1/s1. The molecular weight excluding hydrogens is 256 g/mol. The van der Waals surface area contributed by atoms with Crippen molar-refractivity contribution in [1.82, 2.24) is 10.2 Å². The maximum absolute atomic E-state index is 12.1. The van der Waals surface area contributed by atoms with Crippen molar-refractivity contribution in [3.05, 3.63) is 0 Å². The van der Waals surface area contributed by atoms with E-state index in [-0.39, 0.29) is 11.8 Å². The molecule has 0 unspecified atom stereocenters. The van der Waals surface area contributed by atoms with Crippen LogP contribution in [0.3, 0.4) is 0 Å². The quantitative estimate of drug-likeness (QED) is 0.660. The molecule has 6 nitrogen and oxygen atoms in total. The van der Waals surface area contributed by atoms with Gasteiger partial charge in [-0.25, -0.2) is 0 Å². The van der Waals surface area contributed by atoms with Gasteiger partial charge in [0.15, 0.2) is 6.54 Å². The van der Waals surface area contributed by atoms with Crippen LogP contribution in [0.25, 0.3) is 0 Å². The van der Waals surface area contributed by atoms with E-state index in [1.807, 2.05) is 11.8 Å². The van der Waals surface area contributed by atoms with Crippen molar-refractivity contribution in [2.24, 2.45) is 5.92 Å². The second kappa shape index (κ2) is 5.80. The highest BCUT2D eigenvalue weighted by molar-refractivity contribution is 5.78. The van der Waals surface area contributed by atoms with E-state index in [2.05, 4.69) is 11.4 Å². The van der Waals surface area contributed by atoms with Crippen LogP contribution < -0.4 is 10.2 Å². The van der Waals surface area contributed by atoms with Gasteiger partial charge < -0.3 is 15.1 Å². The maximum Gasteiger partial charge on any atom is 0.276 e. The van der Waals surface area contributed by atoms with Crippen LogP contribution in [0.2, 0.25) is 0 Å². The molecule has 0 aromatic heterocycles. The largest absolute Gasteiger partial charge is 0.333 e. The SMILES string of the molecule is CC(=O)N1CC[NH+](CC(=O)N[C@](C)(C#N)C2CC2)CC1. The predicted octanol–water partition coefficient (Wildman–Crippen LogP) is -1.46. The van der Waals surface area contributed by atoms with Crippen molar-refractivity contribution >= 4 is 11.8 Å². The Morgan fingerprint density at radius 2 is 2.00 bits per heavy atom. The lowest BCUT2D eigenvalue weighted by Crippen LogP contribution is -3.16. The first kappa shape index (κ1) is 14.8. The number of quaternary nitrogens is 1. The van der Waals surface area contributed by atoms with E-state index in [1.54, 1.807) is 6.92 Å². The highest BCUT2D eigenvalue weighted by atomic mass is 16.2. The van der Waals surface area contributed by atoms with Crippen LogP contribution in [0, 0.1) is 17.2 Å². The molecule has 2 fully saturated rings. The number of carbonyl (C=O) groups is 2. The van der Waals surface area contributed by atoms with E-state index < -0.39 is 5.54 Å². The minimum atomic E-state index is -0.711. The molecule has 2 rings (SSSR count). The Bertz CT molecular complexity index is 433. The summed E-state index contributed by atoms with van der Waals surface area (Å²) in [7, 11) is 0. The van der Waals surface area contributed by atoms with Gasteiger partial charge in [0.2, 0.25) is 5.91 Å². The molecule has 0 radical (unpaired) electrons.